The minimum atomic E-state index is -2.55. The molecule has 0 saturated carbocycles. The molecule has 1 saturated heterocycles. The van der Waals surface area contributed by atoms with Gasteiger partial charge in [-0.15, -0.1) is 0 Å². The van der Waals surface area contributed by atoms with Crippen LogP contribution in [0.1, 0.15) is 26.3 Å². The van der Waals surface area contributed by atoms with Gasteiger partial charge in [-0.25, -0.2) is 9.18 Å². The Balaban J connectivity index is 1.99. The Morgan fingerprint density at radius 2 is 1.42 bits per heavy atom. The van der Waals surface area contributed by atoms with Crippen LogP contribution in [0, 0.1) is 5.82 Å². The van der Waals surface area contributed by atoms with Gasteiger partial charge in [0.05, 0.1) is 0 Å². The summed E-state index contributed by atoms with van der Waals surface area (Å²) in [6.45, 7) is 0. The smallest absolute Gasteiger partial charge is 0.381 e. The van der Waals surface area contributed by atoms with Gasteiger partial charge in [0.2, 0.25) is 11.6 Å². The van der Waals surface area contributed by atoms with Crippen molar-refractivity contribution in [2.75, 3.05) is 0 Å². The molecule has 0 aromatic heterocycles. The highest BCUT2D eigenvalue weighted by Gasteiger charge is 2.67. The number of Topliss-reactive ketones (excluding diaryl/α,β-unsaturated/α-hetero) is 3. The van der Waals surface area contributed by atoms with Crippen molar-refractivity contribution in [1.29, 1.82) is 0 Å². The summed E-state index contributed by atoms with van der Waals surface area (Å²) in [6, 6.07) is 10.1. The van der Waals surface area contributed by atoms with E-state index in [0.29, 0.717) is 0 Å². The highest BCUT2D eigenvalue weighted by atomic mass is 19.1. The van der Waals surface area contributed by atoms with Crippen molar-refractivity contribution in [1.82, 2.24) is 0 Å². The van der Waals surface area contributed by atoms with E-state index in [0.717, 1.165) is 24.3 Å². The number of hydrogen-bond acceptors (Lipinski definition) is 6. The first-order valence-electron chi connectivity index (χ1n) is 7.54. The number of aliphatic hydroxyl groups excluding tert-OH is 1. The molecule has 4 rings (SSSR count). The van der Waals surface area contributed by atoms with Crippen molar-refractivity contribution in [2.24, 2.45) is 0 Å². The number of carbonyl (C=O) groups excluding carboxylic acids is 4. The number of carbonyl (C=O) groups is 4. The lowest BCUT2D eigenvalue weighted by atomic mass is 9.85. The van der Waals surface area contributed by atoms with Crippen molar-refractivity contribution < 1.29 is 33.4 Å². The number of benzene rings is 2. The number of ketones is 3. The van der Waals surface area contributed by atoms with Gasteiger partial charge < -0.3 is 9.84 Å². The molecule has 1 heterocycles. The van der Waals surface area contributed by atoms with E-state index in [1.165, 1.54) is 24.3 Å². The molecule has 2 aromatic rings. The molecule has 128 valence electrons. The SMILES string of the molecule is O=C1OC2(C(=O)c3ccccc3C2=O)/C(=C(\O)c2ccc(F)cc2)C1=O. The summed E-state index contributed by atoms with van der Waals surface area (Å²) in [5, 5.41) is 10.5. The van der Waals surface area contributed by atoms with E-state index in [-0.39, 0.29) is 16.7 Å². The van der Waals surface area contributed by atoms with Crippen LogP contribution in [0.5, 0.6) is 0 Å². The zero-order valence-electron chi connectivity index (χ0n) is 13.0. The third kappa shape index (κ3) is 1.85. The molecule has 1 aliphatic carbocycles. The molecule has 2 aliphatic rings. The summed E-state index contributed by atoms with van der Waals surface area (Å²) in [4.78, 5) is 49.9. The molecular weight excluding hydrogens is 343 g/mol. The first-order chi connectivity index (χ1) is 12.4. The predicted molar refractivity (Wildman–Crippen MR) is 84.9 cm³/mol. The molecule has 6 nitrogen and oxygen atoms in total. The maximum Gasteiger partial charge on any atom is 0.381 e. The van der Waals surface area contributed by atoms with Crippen molar-refractivity contribution in [3.05, 3.63) is 76.6 Å². The van der Waals surface area contributed by atoms with E-state index in [1.54, 1.807) is 0 Å². The molecule has 0 unspecified atom stereocenters. The van der Waals surface area contributed by atoms with Crippen molar-refractivity contribution in [3.63, 3.8) is 0 Å². The van der Waals surface area contributed by atoms with Gasteiger partial charge in [0.1, 0.15) is 17.1 Å². The lowest BCUT2D eigenvalue weighted by Crippen LogP contribution is -2.43. The van der Waals surface area contributed by atoms with Gasteiger partial charge >= 0.3 is 5.97 Å². The Bertz CT molecular complexity index is 1010. The monoisotopic (exact) mass is 352 g/mol. The fourth-order valence-corrected chi connectivity index (χ4v) is 3.21. The maximum atomic E-state index is 13.1. The number of hydrogen-bond donors (Lipinski definition) is 1. The second-order valence-electron chi connectivity index (χ2n) is 5.83. The van der Waals surface area contributed by atoms with Crippen LogP contribution in [0.4, 0.5) is 4.39 Å². The molecule has 1 aliphatic heterocycles. The fraction of sp³-hybridized carbons (Fsp3) is 0.0526. The molecule has 1 N–H and O–H groups in total. The van der Waals surface area contributed by atoms with Gasteiger partial charge in [-0.05, 0) is 24.3 Å². The summed E-state index contributed by atoms with van der Waals surface area (Å²) >= 11 is 0. The lowest BCUT2D eigenvalue weighted by molar-refractivity contribution is -0.149. The molecule has 7 heteroatoms. The third-order valence-corrected chi connectivity index (χ3v) is 4.42. The number of halogens is 1. The molecule has 1 fully saturated rings. The van der Waals surface area contributed by atoms with Crippen LogP contribution in [-0.4, -0.2) is 34.0 Å². The highest BCUT2D eigenvalue weighted by Crippen LogP contribution is 2.44. The highest BCUT2D eigenvalue weighted by molar-refractivity contribution is 6.52. The van der Waals surface area contributed by atoms with Gasteiger partial charge in [-0.1, -0.05) is 24.3 Å². The summed E-state index contributed by atoms with van der Waals surface area (Å²) in [5.74, 6) is -5.88. The first kappa shape index (κ1) is 15.9. The van der Waals surface area contributed by atoms with E-state index in [9.17, 15) is 28.7 Å². The zero-order valence-corrected chi connectivity index (χ0v) is 13.0. The second-order valence-corrected chi connectivity index (χ2v) is 5.83. The molecule has 0 bridgehead atoms. The third-order valence-electron chi connectivity index (χ3n) is 4.42. The summed E-state index contributed by atoms with van der Waals surface area (Å²) in [6.07, 6.45) is 0. The lowest BCUT2D eigenvalue weighted by Gasteiger charge is -2.19. The topological polar surface area (TPSA) is 97.7 Å². The number of esters is 1. The molecule has 26 heavy (non-hydrogen) atoms. The predicted octanol–water partition coefficient (Wildman–Crippen LogP) is 2.04. The molecule has 0 radical (unpaired) electrons. The van der Waals surface area contributed by atoms with Crippen LogP contribution in [-0.2, 0) is 14.3 Å². The van der Waals surface area contributed by atoms with Crippen molar-refractivity contribution in [3.8, 4) is 0 Å². The summed E-state index contributed by atoms with van der Waals surface area (Å²) in [7, 11) is 0. The Morgan fingerprint density at radius 3 is 1.96 bits per heavy atom. The molecule has 0 amide bonds. The van der Waals surface area contributed by atoms with E-state index < -0.39 is 46.1 Å². The average molecular weight is 352 g/mol. The molecular formula is C19H9FO6. The summed E-state index contributed by atoms with van der Waals surface area (Å²) in [5.41, 5.74) is -3.35. The van der Waals surface area contributed by atoms with Crippen LogP contribution in [0.25, 0.3) is 5.76 Å². The minimum Gasteiger partial charge on any atom is -0.507 e. The van der Waals surface area contributed by atoms with Crippen LogP contribution < -0.4 is 0 Å². The Kier molecular flexibility index (Phi) is 3.17. The van der Waals surface area contributed by atoms with Gasteiger partial charge in [-0.3, -0.25) is 14.4 Å². The maximum absolute atomic E-state index is 13.1. The standard InChI is InChI=1S/C19H9FO6/c20-10-7-5-9(6-8-10)14(21)13-15(22)18(25)26-19(13)16(23)11-3-1-2-4-12(11)17(19)24/h1-8,21H/b14-13-. The zero-order chi connectivity index (χ0) is 18.6. The van der Waals surface area contributed by atoms with E-state index in [1.807, 2.05) is 0 Å². The van der Waals surface area contributed by atoms with Crippen LogP contribution in [0.2, 0.25) is 0 Å². The quantitative estimate of drug-likeness (QED) is 0.277. The van der Waals surface area contributed by atoms with E-state index >= 15 is 0 Å². The van der Waals surface area contributed by atoms with Crippen LogP contribution in [0.3, 0.4) is 0 Å². The normalized spacial score (nSPS) is 19.7. The molecule has 2 aromatic carbocycles. The van der Waals surface area contributed by atoms with Crippen LogP contribution in [0.15, 0.2) is 54.1 Å². The first-order valence-corrected chi connectivity index (χ1v) is 7.54. The minimum absolute atomic E-state index is 0.00981. The van der Waals surface area contributed by atoms with Gasteiger partial charge in [0.15, 0.2) is 0 Å². The van der Waals surface area contributed by atoms with Crippen LogP contribution >= 0.6 is 0 Å². The van der Waals surface area contributed by atoms with Gasteiger partial charge in [0.25, 0.3) is 11.4 Å². The Morgan fingerprint density at radius 1 is 0.885 bits per heavy atom. The Hall–Kier alpha value is -3.61. The number of rotatable bonds is 1. The number of fused-ring (bicyclic) bond motifs is 1. The van der Waals surface area contributed by atoms with Gasteiger partial charge in [0, 0.05) is 16.7 Å². The van der Waals surface area contributed by atoms with Gasteiger partial charge in [-0.2, -0.15) is 0 Å². The summed E-state index contributed by atoms with van der Waals surface area (Å²) < 4.78 is 18.0. The Labute approximate surface area is 145 Å². The largest absolute Gasteiger partial charge is 0.507 e. The second kappa shape index (κ2) is 5.19. The van der Waals surface area contributed by atoms with Crippen molar-refractivity contribution in [2.45, 2.75) is 5.60 Å². The van der Waals surface area contributed by atoms with Crippen molar-refractivity contribution >= 4 is 29.1 Å². The molecule has 1 spiro atoms. The fourth-order valence-electron chi connectivity index (χ4n) is 3.21. The van der Waals surface area contributed by atoms with E-state index in [4.69, 9.17) is 4.74 Å². The average Bonchev–Trinajstić information content (AvgIpc) is 3.03. The van der Waals surface area contributed by atoms with E-state index in [2.05, 4.69) is 0 Å². The number of aliphatic hydroxyl groups is 1. The molecule has 0 atom stereocenters. The number of ether oxygens (including phenoxy) is 1.